The van der Waals surface area contributed by atoms with Gasteiger partial charge in [0.15, 0.2) is 0 Å². The Kier molecular flexibility index (Phi) is 1.59. The Labute approximate surface area is 68.7 Å². The quantitative estimate of drug-likeness (QED) is 0.593. The highest BCUT2D eigenvalue weighted by Gasteiger charge is 2.25. The van der Waals surface area contributed by atoms with Crippen molar-refractivity contribution in [3.63, 3.8) is 0 Å². The molecular formula is C8H6ClFO. The van der Waals surface area contributed by atoms with E-state index >= 15 is 0 Å². The lowest BCUT2D eigenvalue weighted by molar-refractivity contribution is 0.415. The highest BCUT2D eigenvalue weighted by Crippen LogP contribution is 2.31. The Morgan fingerprint density at radius 1 is 1.55 bits per heavy atom. The second kappa shape index (κ2) is 2.47. The molecule has 1 aliphatic heterocycles. The summed E-state index contributed by atoms with van der Waals surface area (Å²) < 4.78 is 17.6. The van der Waals surface area contributed by atoms with Crippen LogP contribution in [-0.2, 0) is 4.74 Å². The maximum atomic E-state index is 12.6. The Balaban J connectivity index is 2.36. The van der Waals surface area contributed by atoms with Crippen LogP contribution < -0.4 is 0 Å². The average Bonchev–Trinajstić information content (AvgIpc) is 2.77. The van der Waals surface area contributed by atoms with Crippen molar-refractivity contribution < 1.29 is 9.13 Å². The van der Waals surface area contributed by atoms with Crippen LogP contribution in [-0.4, -0.2) is 6.61 Å². The molecule has 1 fully saturated rings. The fourth-order valence-electron chi connectivity index (χ4n) is 0.953. The molecule has 11 heavy (non-hydrogen) atoms. The smallest absolute Gasteiger partial charge is 0.141 e. The van der Waals surface area contributed by atoms with E-state index in [1.807, 2.05) is 0 Å². The molecule has 58 valence electrons. The summed E-state index contributed by atoms with van der Waals surface area (Å²) >= 11 is 5.56. The van der Waals surface area contributed by atoms with Crippen LogP contribution in [0.5, 0.6) is 0 Å². The molecule has 1 nitrogen and oxygen atoms in total. The van der Waals surface area contributed by atoms with Gasteiger partial charge in [-0.1, -0.05) is 17.7 Å². The van der Waals surface area contributed by atoms with Gasteiger partial charge in [-0.15, -0.1) is 0 Å². The second-order valence-electron chi connectivity index (χ2n) is 2.50. The molecule has 0 radical (unpaired) electrons. The minimum atomic E-state index is -0.379. The molecule has 1 heterocycles. The summed E-state index contributed by atoms with van der Waals surface area (Å²) in [6, 6.07) is 4.66. The minimum Gasteiger partial charge on any atom is -0.368 e. The first kappa shape index (κ1) is 7.07. The van der Waals surface area contributed by atoms with Crippen LogP contribution in [0, 0.1) is 5.82 Å². The van der Waals surface area contributed by atoms with Gasteiger partial charge in [-0.05, 0) is 17.7 Å². The molecule has 3 heteroatoms. The van der Waals surface area contributed by atoms with E-state index < -0.39 is 0 Å². The van der Waals surface area contributed by atoms with Gasteiger partial charge in [-0.25, -0.2) is 4.39 Å². The summed E-state index contributed by atoms with van der Waals surface area (Å²) in [5, 5.41) is 0.165. The van der Waals surface area contributed by atoms with E-state index in [1.54, 1.807) is 12.1 Å². The molecule has 1 aromatic carbocycles. The predicted molar refractivity (Wildman–Crippen MR) is 40.1 cm³/mol. The van der Waals surface area contributed by atoms with Crippen LogP contribution in [0.15, 0.2) is 18.2 Å². The predicted octanol–water partition coefficient (Wildman–Crippen LogP) is 2.55. The number of ether oxygens (including phenoxy) is 1. The summed E-state index contributed by atoms with van der Waals surface area (Å²) in [5.74, 6) is -0.379. The molecule has 1 unspecified atom stereocenters. The van der Waals surface area contributed by atoms with Crippen LogP contribution in [0.25, 0.3) is 0 Å². The van der Waals surface area contributed by atoms with Crippen LogP contribution in [0.4, 0.5) is 4.39 Å². The summed E-state index contributed by atoms with van der Waals surface area (Å²) in [4.78, 5) is 0. The maximum absolute atomic E-state index is 12.6. The van der Waals surface area contributed by atoms with Crippen molar-refractivity contribution in [2.24, 2.45) is 0 Å². The third-order valence-corrected chi connectivity index (χ3v) is 1.94. The highest BCUT2D eigenvalue weighted by molar-refractivity contribution is 6.30. The van der Waals surface area contributed by atoms with E-state index in [4.69, 9.17) is 16.3 Å². The Bertz CT molecular complexity index is 283. The van der Waals surface area contributed by atoms with Crippen LogP contribution in [0.2, 0.25) is 5.02 Å². The van der Waals surface area contributed by atoms with Crippen molar-refractivity contribution in [2.75, 3.05) is 6.61 Å². The van der Waals surface area contributed by atoms with Crippen LogP contribution in [0.1, 0.15) is 11.7 Å². The van der Waals surface area contributed by atoms with Crippen molar-refractivity contribution >= 4 is 11.6 Å². The van der Waals surface area contributed by atoms with Crippen molar-refractivity contribution in [3.8, 4) is 0 Å². The lowest BCUT2D eigenvalue weighted by Crippen LogP contribution is -1.82. The molecular weight excluding hydrogens is 167 g/mol. The van der Waals surface area contributed by atoms with Gasteiger partial charge >= 0.3 is 0 Å². The van der Waals surface area contributed by atoms with Crippen molar-refractivity contribution in [1.29, 1.82) is 0 Å². The van der Waals surface area contributed by atoms with Gasteiger partial charge in [-0.2, -0.15) is 0 Å². The van der Waals surface area contributed by atoms with E-state index in [9.17, 15) is 4.39 Å². The average molecular weight is 173 g/mol. The maximum Gasteiger partial charge on any atom is 0.141 e. The van der Waals surface area contributed by atoms with Gasteiger partial charge < -0.3 is 4.74 Å². The summed E-state index contributed by atoms with van der Waals surface area (Å²) in [5.41, 5.74) is 0.955. The van der Waals surface area contributed by atoms with E-state index in [1.165, 1.54) is 6.07 Å². The van der Waals surface area contributed by atoms with Gasteiger partial charge in [0.1, 0.15) is 11.9 Å². The molecule has 0 aliphatic carbocycles. The zero-order valence-electron chi connectivity index (χ0n) is 5.68. The Hall–Kier alpha value is -0.600. The summed E-state index contributed by atoms with van der Waals surface area (Å²) in [6.07, 6.45) is 0.146. The standard InChI is InChI=1S/C8H6ClFO/c9-6-3-5(8-4-11-8)1-2-7(6)10/h1-3,8H,4H2. The SMILES string of the molecule is Fc1ccc(C2CO2)cc1Cl. The summed E-state index contributed by atoms with van der Waals surface area (Å²) in [7, 11) is 0. The molecule has 1 atom stereocenters. The molecule has 0 saturated carbocycles. The van der Waals surface area contributed by atoms with E-state index in [0.29, 0.717) is 0 Å². The highest BCUT2D eigenvalue weighted by atomic mass is 35.5. The van der Waals surface area contributed by atoms with Gasteiger partial charge in [0.25, 0.3) is 0 Å². The molecule has 1 aromatic rings. The lowest BCUT2D eigenvalue weighted by atomic mass is 10.2. The fraction of sp³-hybridized carbons (Fsp3) is 0.250. The number of halogens is 2. The first-order chi connectivity index (χ1) is 5.27. The van der Waals surface area contributed by atoms with Crippen LogP contribution in [0.3, 0.4) is 0 Å². The number of hydrogen-bond donors (Lipinski definition) is 0. The third kappa shape index (κ3) is 1.37. The van der Waals surface area contributed by atoms with Gasteiger partial charge in [-0.3, -0.25) is 0 Å². The molecule has 1 saturated heterocycles. The number of benzene rings is 1. The fourth-order valence-corrected chi connectivity index (χ4v) is 1.14. The molecule has 2 rings (SSSR count). The number of epoxide rings is 1. The van der Waals surface area contributed by atoms with E-state index in [0.717, 1.165) is 12.2 Å². The van der Waals surface area contributed by atoms with Gasteiger partial charge in [0, 0.05) is 0 Å². The summed E-state index contributed by atoms with van der Waals surface area (Å²) in [6.45, 7) is 0.724. The largest absolute Gasteiger partial charge is 0.368 e. The second-order valence-corrected chi connectivity index (χ2v) is 2.90. The molecule has 0 bridgehead atoms. The monoisotopic (exact) mass is 172 g/mol. The Morgan fingerprint density at radius 3 is 2.82 bits per heavy atom. The molecule has 1 aliphatic rings. The van der Waals surface area contributed by atoms with E-state index in [2.05, 4.69) is 0 Å². The number of hydrogen-bond acceptors (Lipinski definition) is 1. The zero-order chi connectivity index (χ0) is 7.84. The van der Waals surface area contributed by atoms with Crippen molar-refractivity contribution in [1.82, 2.24) is 0 Å². The third-order valence-electron chi connectivity index (χ3n) is 1.65. The topological polar surface area (TPSA) is 12.5 Å². The normalized spacial score (nSPS) is 21.8. The lowest BCUT2D eigenvalue weighted by Gasteiger charge is -1.96. The molecule has 0 amide bonds. The van der Waals surface area contributed by atoms with Crippen LogP contribution >= 0.6 is 11.6 Å². The number of rotatable bonds is 1. The molecule has 0 N–H and O–H groups in total. The van der Waals surface area contributed by atoms with Gasteiger partial charge in [0.2, 0.25) is 0 Å². The minimum absolute atomic E-state index is 0.146. The first-order valence-corrected chi connectivity index (χ1v) is 3.72. The van der Waals surface area contributed by atoms with Crippen molar-refractivity contribution in [3.05, 3.63) is 34.6 Å². The Morgan fingerprint density at radius 2 is 2.27 bits per heavy atom. The van der Waals surface area contributed by atoms with Gasteiger partial charge in [0.05, 0.1) is 11.6 Å². The first-order valence-electron chi connectivity index (χ1n) is 3.34. The van der Waals surface area contributed by atoms with E-state index in [-0.39, 0.29) is 16.9 Å². The zero-order valence-corrected chi connectivity index (χ0v) is 6.44. The molecule has 0 aromatic heterocycles. The molecule has 0 spiro atoms. The van der Waals surface area contributed by atoms with Crippen molar-refractivity contribution in [2.45, 2.75) is 6.10 Å².